The molecule has 0 aliphatic rings. The first-order valence-corrected chi connectivity index (χ1v) is 22.8. The van der Waals surface area contributed by atoms with Gasteiger partial charge in [0.1, 0.15) is 19.8 Å². The number of rotatable bonds is 38. The molecule has 0 amide bonds. The van der Waals surface area contributed by atoms with Crippen LogP contribution in [0.5, 0.6) is 0 Å². The number of allylic oxidation sites excluding steroid dienone is 13. The Morgan fingerprint density at radius 3 is 1.56 bits per heavy atom. The number of esters is 1. The molecule has 2 unspecified atom stereocenters. The first-order chi connectivity index (χ1) is 26.6. The highest BCUT2D eigenvalue weighted by Crippen LogP contribution is 2.38. The largest absolute Gasteiger partial charge is 0.756 e. The van der Waals surface area contributed by atoms with Crippen LogP contribution >= 0.6 is 7.82 Å². The molecule has 0 rings (SSSR count). The van der Waals surface area contributed by atoms with E-state index in [1.807, 2.05) is 39.4 Å². The number of unbranched alkanes of at least 4 members (excludes halogenated alkanes) is 12. The van der Waals surface area contributed by atoms with Crippen molar-refractivity contribution in [3.8, 4) is 0 Å². The number of hydrogen-bond donors (Lipinski definition) is 0. The van der Waals surface area contributed by atoms with E-state index in [0.29, 0.717) is 17.4 Å². The van der Waals surface area contributed by atoms with Crippen LogP contribution in [0.25, 0.3) is 0 Å². The number of hydrogen-bond acceptors (Lipinski definition) is 7. The number of carbonyl (C=O) groups is 1. The van der Waals surface area contributed by atoms with Gasteiger partial charge < -0.3 is 27.9 Å². The molecule has 0 saturated heterocycles. The fraction of sp³-hybridized carbons (Fsp3) is 0.674. The van der Waals surface area contributed by atoms with Crippen LogP contribution in [-0.4, -0.2) is 64.1 Å². The van der Waals surface area contributed by atoms with Crippen LogP contribution < -0.4 is 4.89 Å². The van der Waals surface area contributed by atoms with Crippen molar-refractivity contribution in [1.29, 1.82) is 0 Å². The van der Waals surface area contributed by atoms with Crippen LogP contribution in [0.4, 0.5) is 0 Å². The second kappa shape index (κ2) is 38.4. The first-order valence-electron chi connectivity index (χ1n) is 21.4. The third-order valence-electron chi connectivity index (χ3n) is 8.54. The van der Waals surface area contributed by atoms with Gasteiger partial charge in [0.2, 0.25) is 0 Å². The Labute approximate surface area is 337 Å². The highest BCUT2D eigenvalue weighted by Gasteiger charge is 2.20. The lowest BCUT2D eigenvalue weighted by atomic mass is 10.0. The molecule has 55 heavy (non-hydrogen) atoms. The Balaban J connectivity index is 4.46. The Morgan fingerprint density at radius 2 is 1.07 bits per heavy atom. The topological polar surface area (TPSA) is 94.1 Å². The number of ether oxygens (including phenoxy) is 2. The van der Waals surface area contributed by atoms with Gasteiger partial charge >= 0.3 is 5.97 Å². The minimum atomic E-state index is -4.56. The summed E-state index contributed by atoms with van der Waals surface area (Å²) in [5, 5.41) is 0. The minimum Gasteiger partial charge on any atom is -0.756 e. The third-order valence-corrected chi connectivity index (χ3v) is 9.50. The van der Waals surface area contributed by atoms with E-state index in [0.717, 1.165) is 51.4 Å². The van der Waals surface area contributed by atoms with Crippen LogP contribution in [0.1, 0.15) is 149 Å². The molecule has 0 fully saturated rings. The van der Waals surface area contributed by atoms with Crippen LogP contribution in [0.3, 0.4) is 0 Å². The second-order valence-corrected chi connectivity index (χ2v) is 16.4. The molecule has 0 radical (unpaired) electrons. The molecule has 0 aromatic rings. The summed E-state index contributed by atoms with van der Waals surface area (Å²) in [5.74, 6) is -0.441. The molecule has 0 aliphatic carbocycles. The SMILES string of the molecule is CC/C=C\C/C=C\C/C=C\C/C=C\C/C=C\C/C=C\CCC(=O)OC(CO/C=C\CCCCCCCCCCCCCC)COP(=O)([O-])OCC[N+](C)(C)C. The summed E-state index contributed by atoms with van der Waals surface area (Å²) in [6.07, 6.45) is 51.3. The van der Waals surface area contributed by atoms with Crippen molar-refractivity contribution in [2.24, 2.45) is 0 Å². The van der Waals surface area contributed by atoms with E-state index in [1.54, 1.807) is 6.26 Å². The summed E-state index contributed by atoms with van der Waals surface area (Å²) >= 11 is 0. The van der Waals surface area contributed by atoms with Crippen molar-refractivity contribution in [3.63, 3.8) is 0 Å². The number of phosphoric acid groups is 1. The predicted molar refractivity (Wildman–Crippen MR) is 231 cm³/mol. The highest BCUT2D eigenvalue weighted by atomic mass is 31.2. The molecule has 9 heteroatoms. The molecular weight excluding hydrogens is 709 g/mol. The zero-order chi connectivity index (χ0) is 40.6. The Kier molecular flexibility index (Phi) is 36.7. The summed E-state index contributed by atoms with van der Waals surface area (Å²) in [5.41, 5.74) is 0. The number of likely N-dealkylation sites (N-methyl/N-ethyl adjacent to an activating group) is 1. The molecular formula is C46H80NO7P. The smallest absolute Gasteiger partial charge is 0.306 e. The number of carbonyl (C=O) groups excluding carboxylic acids is 1. The average molecular weight is 790 g/mol. The molecule has 0 aromatic carbocycles. The summed E-state index contributed by atoms with van der Waals surface area (Å²) < 4.78 is 34.2. The standard InChI is InChI=1S/C46H80NO7P/c1-6-8-10-12-14-16-18-20-22-23-24-25-26-27-29-31-33-35-37-39-46(48)54-45(44-53-55(49,50)52-42-40-47(3,4)5)43-51-41-38-36-34-32-30-28-21-19-17-15-13-11-9-7-2/h8,10,14,16,20,22,24-25,27,29,33,35,38,41,45H,6-7,9,11-13,15,17-19,21,23,26,28,30-32,34,36-37,39-40,42-44H2,1-5H3/b10-8-,16-14-,22-20-,25-24-,29-27-,35-33-,41-38-. The number of nitrogens with zero attached hydrogens (tertiary/aromatic N) is 1. The van der Waals surface area contributed by atoms with Crippen molar-refractivity contribution in [2.45, 2.75) is 155 Å². The van der Waals surface area contributed by atoms with Crippen LogP contribution in [0.15, 0.2) is 85.3 Å². The Morgan fingerprint density at radius 1 is 0.600 bits per heavy atom. The lowest BCUT2D eigenvalue weighted by Gasteiger charge is -2.28. The lowest BCUT2D eigenvalue weighted by molar-refractivity contribution is -0.870. The Bertz CT molecular complexity index is 1150. The first kappa shape index (κ1) is 52.5. The number of phosphoric ester groups is 1. The molecule has 0 aliphatic heterocycles. The minimum absolute atomic E-state index is 0.000941. The van der Waals surface area contributed by atoms with Gasteiger partial charge in [-0.3, -0.25) is 9.36 Å². The zero-order valence-corrected chi connectivity index (χ0v) is 36.5. The monoisotopic (exact) mass is 790 g/mol. The molecule has 2 atom stereocenters. The molecule has 0 heterocycles. The zero-order valence-electron chi connectivity index (χ0n) is 35.6. The molecule has 0 aromatic heterocycles. The molecule has 0 spiro atoms. The van der Waals surface area contributed by atoms with E-state index in [-0.39, 0.29) is 26.2 Å². The lowest BCUT2D eigenvalue weighted by Crippen LogP contribution is -2.37. The quantitative estimate of drug-likeness (QED) is 0.0153. The molecule has 0 N–H and O–H groups in total. The molecule has 0 bridgehead atoms. The maximum Gasteiger partial charge on any atom is 0.306 e. The second-order valence-electron chi connectivity index (χ2n) is 15.0. The van der Waals surface area contributed by atoms with Gasteiger partial charge in [-0.25, -0.2) is 0 Å². The van der Waals surface area contributed by atoms with Gasteiger partial charge in [0, 0.05) is 6.42 Å². The fourth-order valence-corrected chi connectivity index (χ4v) is 5.97. The summed E-state index contributed by atoms with van der Waals surface area (Å²) in [6.45, 7) is 4.51. The van der Waals surface area contributed by atoms with E-state index in [9.17, 15) is 14.3 Å². The van der Waals surface area contributed by atoms with Gasteiger partial charge in [0.25, 0.3) is 7.82 Å². The van der Waals surface area contributed by atoms with Gasteiger partial charge in [-0.1, -0.05) is 157 Å². The average Bonchev–Trinajstić information content (AvgIpc) is 3.13. The van der Waals surface area contributed by atoms with Gasteiger partial charge in [-0.05, 0) is 63.9 Å². The van der Waals surface area contributed by atoms with Crippen LogP contribution in [-0.2, 0) is 27.9 Å². The van der Waals surface area contributed by atoms with Gasteiger partial charge in [-0.2, -0.15) is 0 Å². The van der Waals surface area contributed by atoms with E-state index in [4.69, 9.17) is 18.5 Å². The van der Waals surface area contributed by atoms with Gasteiger partial charge in [0.15, 0.2) is 6.10 Å². The highest BCUT2D eigenvalue weighted by molar-refractivity contribution is 7.45. The molecule has 8 nitrogen and oxygen atoms in total. The normalized spacial score (nSPS) is 14.6. The van der Waals surface area contributed by atoms with E-state index in [1.165, 1.54) is 70.6 Å². The van der Waals surface area contributed by atoms with Crippen molar-refractivity contribution < 1.29 is 37.3 Å². The maximum absolute atomic E-state index is 12.6. The summed E-state index contributed by atoms with van der Waals surface area (Å²) in [4.78, 5) is 25.0. The van der Waals surface area contributed by atoms with E-state index < -0.39 is 19.9 Å². The van der Waals surface area contributed by atoms with E-state index in [2.05, 4.69) is 74.6 Å². The van der Waals surface area contributed by atoms with Crippen molar-refractivity contribution >= 4 is 13.8 Å². The van der Waals surface area contributed by atoms with E-state index >= 15 is 0 Å². The van der Waals surface area contributed by atoms with Gasteiger partial charge in [-0.15, -0.1) is 0 Å². The van der Waals surface area contributed by atoms with Crippen LogP contribution in [0.2, 0.25) is 0 Å². The third kappa shape index (κ3) is 42.5. The molecule has 316 valence electrons. The van der Waals surface area contributed by atoms with Crippen molar-refractivity contribution in [3.05, 3.63) is 85.3 Å². The molecule has 0 saturated carbocycles. The maximum atomic E-state index is 12.6. The van der Waals surface area contributed by atoms with Gasteiger partial charge in [0.05, 0.1) is 34.0 Å². The van der Waals surface area contributed by atoms with Crippen molar-refractivity contribution in [2.75, 3.05) is 47.5 Å². The summed E-state index contributed by atoms with van der Waals surface area (Å²) in [6, 6.07) is 0. The predicted octanol–water partition coefficient (Wildman–Crippen LogP) is 12.2. The van der Waals surface area contributed by atoms with Crippen molar-refractivity contribution in [1.82, 2.24) is 0 Å². The summed E-state index contributed by atoms with van der Waals surface area (Å²) in [7, 11) is 1.27. The Hall–Kier alpha value is -2.48. The van der Waals surface area contributed by atoms with Crippen LogP contribution in [0, 0.1) is 0 Å². The number of quaternary nitrogens is 1. The fourth-order valence-electron chi connectivity index (χ4n) is 5.24.